The molecule has 2 rings (SSSR count). The molecule has 16 heavy (non-hydrogen) atoms. The summed E-state index contributed by atoms with van der Waals surface area (Å²) in [5, 5.41) is 0. The summed E-state index contributed by atoms with van der Waals surface area (Å²) in [6, 6.07) is 11.2. The van der Waals surface area contributed by atoms with E-state index in [-0.39, 0.29) is 5.41 Å². The van der Waals surface area contributed by atoms with Crippen LogP contribution in [-0.2, 0) is 5.41 Å². The Kier molecular flexibility index (Phi) is 3.31. The zero-order valence-electron chi connectivity index (χ0n) is 10.2. The lowest BCUT2D eigenvalue weighted by molar-refractivity contribution is 0.136. The molecule has 1 aliphatic carbocycles. The van der Waals surface area contributed by atoms with Gasteiger partial charge in [0.25, 0.3) is 0 Å². The minimum Gasteiger partial charge on any atom is -0.271 e. The second-order valence-electron chi connectivity index (χ2n) is 5.26. The summed E-state index contributed by atoms with van der Waals surface area (Å²) < 4.78 is 0. The minimum atomic E-state index is 0.268. The van der Waals surface area contributed by atoms with Crippen LogP contribution in [0.4, 0.5) is 0 Å². The lowest BCUT2D eigenvalue weighted by Crippen LogP contribution is -2.57. The van der Waals surface area contributed by atoms with E-state index in [2.05, 4.69) is 49.6 Å². The van der Waals surface area contributed by atoms with Crippen LogP contribution in [0.2, 0.25) is 0 Å². The zero-order valence-corrected chi connectivity index (χ0v) is 10.2. The van der Waals surface area contributed by atoms with E-state index in [0.717, 1.165) is 0 Å². The fourth-order valence-electron chi connectivity index (χ4n) is 3.10. The number of hydrogen-bond acceptors (Lipinski definition) is 2. The van der Waals surface area contributed by atoms with Gasteiger partial charge in [-0.2, -0.15) is 0 Å². The highest BCUT2D eigenvalue weighted by molar-refractivity contribution is 5.30. The van der Waals surface area contributed by atoms with E-state index in [1.807, 2.05) is 0 Å². The first kappa shape index (κ1) is 11.6. The van der Waals surface area contributed by atoms with Crippen molar-refractivity contribution in [2.45, 2.75) is 44.6 Å². The van der Waals surface area contributed by atoms with Crippen LogP contribution in [0.1, 0.15) is 38.7 Å². The first-order valence-corrected chi connectivity index (χ1v) is 6.22. The van der Waals surface area contributed by atoms with Gasteiger partial charge in [0.15, 0.2) is 0 Å². The Morgan fingerprint density at radius 2 is 1.81 bits per heavy atom. The Balaban J connectivity index is 2.32. The van der Waals surface area contributed by atoms with Crippen molar-refractivity contribution >= 4 is 0 Å². The van der Waals surface area contributed by atoms with Gasteiger partial charge in [-0.25, -0.2) is 0 Å². The highest BCUT2D eigenvalue weighted by atomic mass is 15.2. The van der Waals surface area contributed by atoms with E-state index >= 15 is 0 Å². The molecule has 1 aromatic rings. The van der Waals surface area contributed by atoms with E-state index in [1.165, 1.54) is 24.8 Å². The van der Waals surface area contributed by atoms with Crippen LogP contribution in [-0.4, -0.2) is 6.04 Å². The smallest absolute Gasteiger partial charge is 0.0330 e. The molecule has 3 N–H and O–H groups in total. The van der Waals surface area contributed by atoms with Gasteiger partial charge in [0.1, 0.15) is 0 Å². The molecule has 0 bridgehead atoms. The first-order valence-electron chi connectivity index (χ1n) is 6.22. The fourth-order valence-corrected chi connectivity index (χ4v) is 3.10. The Morgan fingerprint density at radius 1 is 1.19 bits per heavy atom. The zero-order chi connectivity index (χ0) is 11.6. The topological polar surface area (TPSA) is 38.0 Å². The van der Waals surface area contributed by atoms with Crippen molar-refractivity contribution < 1.29 is 0 Å². The number of benzene rings is 1. The maximum Gasteiger partial charge on any atom is 0.0330 e. The van der Waals surface area contributed by atoms with Crippen LogP contribution in [0.3, 0.4) is 0 Å². The fraction of sp³-hybridized carbons (Fsp3) is 0.571. The number of nitrogens with two attached hydrogens (primary N) is 1. The largest absolute Gasteiger partial charge is 0.271 e. The van der Waals surface area contributed by atoms with Gasteiger partial charge < -0.3 is 0 Å². The number of hydrazine groups is 1. The predicted octanol–water partition coefficient (Wildman–Crippen LogP) is 2.60. The van der Waals surface area contributed by atoms with Gasteiger partial charge in [0.05, 0.1) is 0 Å². The monoisotopic (exact) mass is 218 g/mol. The maximum atomic E-state index is 5.76. The molecule has 0 aromatic heterocycles. The summed E-state index contributed by atoms with van der Waals surface area (Å²) in [5.41, 5.74) is 4.75. The van der Waals surface area contributed by atoms with Gasteiger partial charge in [0, 0.05) is 11.5 Å². The number of hydrogen-bond donors (Lipinski definition) is 2. The van der Waals surface area contributed by atoms with Crippen molar-refractivity contribution in [3.63, 3.8) is 0 Å². The Labute approximate surface area is 98.2 Å². The van der Waals surface area contributed by atoms with Crippen molar-refractivity contribution in [3.05, 3.63) is 35.9 Å². The van der Waals surface area contributed by atoms with Gasteiger partial charge in [-0.3, -0.25) is 11.3 Å². The van der Waals surface area contributed by atoms with Crippen LogP contribution in [0.25, 0.3) is 0 Å². The summed E-state index contributed by atoms with van der Waals surface area (Å²) in [6.07, 6.45) is 3.83. The lowest BCUT2D eigenvalue weighted by Gasteiger charge is -2.49. The number of nitrogens with one attached hydrogen (secondary N) is 1. The van der Waals surface area contributed by atoms with Gasteiger partial charge in [-0.15, -0.1) is 0 Å². The normalized spacial score (nSPS) is 20.5. The highest BCUT2D eigenvalue weighted by Gasteiger charge is 2.45. The van der Waals surface area contributed by atoms with E-state index in [9.17, 15) is 0 Å². The van der Waals surface area contributed by atoms with Crippen LogP contribution >= 0.6 is 0 Å². The van der Waals surface area contributed by atoms with Gasteiger partial charge in [-0.05, 0) is 24.3 Å². The lowest BCUT2D eigenvalue weighted by atomic mass is 9.58. The predicted molar refractivity (Wildman–Crippen MR) is 67.9 cm³/mol. The molecule has 1 aromatic carbocycles. The molecule has 0 heterocycles. The average molecular weight is 218 g/mol. The molecule has 1 fully saturated rings. The third-order valence-corrected chi connectivity index (χ3v) is 4.04. The molecule has 1 aliphatic rings. The van der Waals surface area contributed by atoms with Crippen LogP contribution in [0.15, 0.2) is 30.3 Å². The molecule has 88 valence electrons. The highest BCUT2D eigenvalue weighted by Crippen LogP contribution is 2.47. The number of rotatable bonds is 4. The quantitative estimate of drug-likeness (QED) is 0.602. The Morgan fingerprint density at radius 3 is 2.19 bits per heavy atom. The Hall–Kier alpha value is -0.860. The molecule has 0 radical (unpaired) electrons. The molecule has 0 amide bonds. The molecule has 0 spiro atoms. The van der Waals surface area contributed by atoms with Crippen molar-refractivity contribution in [3.8, 4) is 0 Å². The van der Waals surface area contributed by atoms with Crippen molar-refractivity contribution in [1.82, 2.24) is 5.43 Å². The second-order valence-corrected chi connectivity index (χ2v) is 5.26. The van der Waals surface area contributed by atoms with Gasteiger partial charge in [-0.1, -0.05) is 50.6 Å². The summed E-state index contributed by atoms with van der Waals surface area (Å²) in [6.45, 7) is 4.49. The summed E-state index contributed by atoms with van der Waals surface area (Å²) in [5.74, 6) is 6.32. The van der Waals surface area contributed by atoms with E-state index in [0.29, 0.717) is 12.0 Å². The molecule has 1 unspecified atom stereocenters. The van der Waals surface area contributed by atoms with E-state index < -0.39 is 0 Å². The molecule has 0 aliphatic heterocycles. The van der Waals surface area contributed by atoms with Crippen LogP contribution < -0.4 is 11.3 Å². The summed E-state index contributed by atoms with van der Waals surface area (Å²) >= 11 is 0. The van der Waals surface area contributed by atoms with E-state index in [1.54, 1.807) is 0 Å². The molecule has 0 saturated heterocycles. The summed E-state index contributed by atoms with van der Waals surface area (Å²) in [4.78, 5) is 0. The van der Waals surface area contributed by atoms with Gasteiger partial charge in [0.2, 0.25) is 0 Å². The van der Waals surface area contributed by atoms with Crippen LogP contribution in [0.5, 0.6) is 0 Å². The minimum absolute atomic E-state index is 0.268. The average Bonchev–Trinajstić information content (AvgIpc) is 2.23. The second kappa shape index (κ2) is 4.56. The first-order chi connectivity index (χ1) is 7.70. The van der Waals surface area contributed by atoms with Crippen molar-refractivity contribution in [2.24, 2.45) is 11.8 Å². The van der Waals surface area contributed by atoms with Gasteiger partial charge >= 0.3 is 0 Å². The van der Waals surface area contributed by atoms with Crippen LogP contribution in [0, 0.1) is 5.92 Å². The molecule has 2 nitrogen and oxygen atoms in total. The third kappa shape index (κ3) is 1.76. The van der Waals surface area contributed by atoms with Crippen molar-refractivity contribution in [2.75, 3.05) is 0 Å². The maximum absolute atomic E-state index is 5.76. The molecule has 2 heteroatoms. The standard InChI is InChI=1S/C14H22N2/c1-11(2)13(16-15)14(9-6-10-14)12-7-4-3-5-8-12/h3-5,7-8,11,13,16H,6,9-10,15H2,1-2H3. The summed E-state index contributed by atoms with van der Waals surface area (Å²) in [7, 11) is 0. The third-order valence-electron chi connectivity index (χ3n) is 4.04. The SMILES string of the molecule is CC(C)C(NN)C1(c2ccccc2)CCC1. The molecule has 1 atom stereocenters. The van der Waals surface area contributed by atoms with Crippen molar-refractivity contribution in [1.29, 1.82) is 0 Å². The molecule has 1 saturated carbocycles. The van der Waals surface area contributed by atoms with E-state index in [4.69, 9.17) is 5.84 Å². The molecular formula is C14H22N2. The Bertz CT molecular complexity index is 328. The molecular weight excluding hydrogens is 196 g/mol.